The van der Waals surface area contributed by atoms with Gasteiger partial charge < -0.3 is 9.64 Å². The van der Waals surface area contributed by atoms with E-state index in [1.807, 2.05) is 6.19 Å². The molecule has 2 aromatic rings. The molecule has 2 heterocycles. The number of hydrogen-bond acceptors (Lipinski definition) is 6. The summed E-state index contributed by atoms with van der Waals surface area (Å²) >= 11 is 0. The van der Waals surface area contributed by atoms with E-state index in [4.69, 9.17) is 10.00 Å². The minimum Gasteiger partial charge on any atom is -0.439 e. The summed E-state index contributed by atoms with van der Waals surface area (Å²) in [5.41, 5.74) is -0.426. The molecular formula is C18H17F3N4O3S. The number of benzene rings is 1. The summed E-state index contributed by atoms with van der Waals surface area (Å²) in [6.45, 7) is 0.871. The fourth-order valence-corrected chi connectivity index (χ4v) is 4.10. The van der Waals surface area contributed by atoms with E-state index in [1.54, 1.807) is 0 Å². The number of nitriles is 1. The highest BCUT2D eigenvalue weighted by Crippen LogP contribution is 2.35. The Kier molecular flexibility index (Phi) is 5.68. The van der Waals surface area contributed by atoms with Crippen molar-refractivity contribution in [2.45, 2.75) is 23.4 Å². The topological polar surface area (TPSA) is 95.3 Å². The third-order valence-electron chi connectivity index (χ3n) is 4.60. The number of rotatable bonds is 5. The summed E-state index contributed by atoms with van der Waals surface area (Å²) < 4.78 is 70.5. The van der Waals surface area contributed by atoms with Gasteiger partial charge in [0, 0.05) is 31.3 Å². The van der Waals surface area contributed by atoms with E-state index in [2.05, 4.69) is 9.71 Å². The largest absolute Gasteiger partial charge is 0.439 e. The van der Waals surface area contributed by atoms with Crippen LogP contribution in [0.15, 0.2) is 41.4 Å². The van der Waals surface area contributed by atoms with Crippen molar-refractivity contribution in [3.05, 3.63) is 47.7 Å². The Morgan fingerprint density at radius 1 is 1.31 bits per heavy atom. The summed E-state index contributed by atoms with van der Waals surface area (Å²) in [6, 6.07) is 6.24. The number of pyridine rings is 1. The number of nitrogens with one attached hydrogen (secondary N) is 1. The van der Waals surface area contributed by atoms with Gasteiger partial charge in [-0.15, -0.1) is 0 Å². The fourth-order valence-electron chi connectivity index (χ4n) is 3.10. The SMILES string of the molecule is CNS(=O)(=O)c1ccc(Oc2ccc(C(F)(F)F)cn2)cc1C1CCN(C#N)C1. The molecule has 154 valence electrons. The minimum atomic E-state index is -4.50. The van der Waals surface area contributed by atoms with Crippen molar-refractivity contribution in [1.29, 1.82) is 5.26 Å². The molecule has 1 saturated heterocycles. The van der Waals surface area contributed by atoms with Crippen LogP contribution in [0.5, 0.6) is 11.6 Å². The third kappa shape index (κ3) is 4.60. The normalized spacial score (nSPS) is 17.2. The van der Waals surface area contributed by atoms with Crippen molar-refractivity contribution in [2.24, 2.45) is 0 Å². The first-order valence-corrected chi connectivity index (χ1v) is 10.1. The smallest absolute Gasteiger partial charge is 0.417 e. The highest BCUT2D eigenvalue weighted by molar-refractivity contribution is 7.89. The average molecular weight is 426 g/mol. The molecular weight excluding hydrogens is 409 g/mol. The lowest BCUT2D eigenvalue weighted by Crippen LogP contribution is -2.21. The van der Waals surface area contributed by atoms with Gasteiger partial charge in [-0.3, -0.25) is 0 Å². The Morgan fingerprint density at radius 2 is 2.07 bits per heavy atom. The summed E-state index contributed by atoms with van der Waals surface area (Å²) in [6.07, 6.45) is -1.21. The van der Waals surface area contributed by atoms with E-state index < -0.39 is 21.8 Å². The van der Waals surface area contributed by atoms with Crippen molar-refractivity contribution >= 4 is 10.0 Å². The molecule has 1 atom stereocenters. The summed E-state index contributed by atoms with van der Waals surface area (Å²) in [5.74, 6) is -0.0344. The highest BCUT2D eigenvalue weighted by Gasteiger charge is 2.31. The molecule has 29 heavy (non-hydrogen) atoms. The monoisotopic (exact) mass is 426 g/mol. The molecule has 0 aliphatic carbocycles. The molecule has 1 fully saturated rings. The van der Waals surface area contributed by atoms with Crippen LogP contribution in [0, 0.1) is 11.5 Å². The number of halogens is 3. The predicted octanol–water partition coefficient (Wildman–Crippen LogP) is 3.07. The molecule has 11 heteroatoms. The van der Waals surface area contributed by atoms with E-state index in [0.717, 1.165) is 12.1 Å². The van der Waals surface area contributed by atoms with Gasteiger partial charge in [0.1, 0.15) is 5.75 Å². The number of hydrogen-bond donors (Lipinski definition) is 1. The maximum atomic E-state index is 12.7. The predicted molar refractivity (Wildman–Crippen MR) is 96.5 cm³/mol. The molecule has 1 unspecified atom stereocenters. The van der Waals surface area contributed by atoms with Gasteiger partial charge in [-0.2, -0.15) is 18.4 Å². The molecule has 0 radical (unpaired) electrons. The number of sulfonamides is 1. The second-order valence-electron chi connectivity index (χ2n) is 6.42. The Labute approximate surface area is 165 Å². The second kappa shape index (κ2) is 7.88. The van der Waals surface area contributed by atoms with Crippen LogP contribution >= 0.6 is 0 Å². The van der Waals surface area contributed by atoms with E-state index in [9.17, 15) is 21.6 Å². The third-order valence-corrected chi connectivity index (χ3v) is 6.08. The first-order chi connectivity index (χ1) is 13.6. The molecule has 0 saturated carbocycles. The van der Waals surface area contributed by atoms with Gasteiger partial charge in [-0.1, -0.05) is 0 Å². The zero-order valence-corrected chi connectivity index (χ0v) is 16.1. The van der Waals surface area contributed by atoms with Crippen LogP contribution in [-0.4, -0.2) is 38.4 Å². The van der Waals surface area contributed by atoms with Crippen LogP contribution < -0.4 is 9.46 Å². The summed E-state index contributed by atoms with van der Waals surface area (Å²) in [4.78, 5) is 5.26. The quantitative estimate of drug-likeness (QED) is 0.739. The lowest BCUT2D eigenvalue weighted by atomic mass is 9.98. The molecule has 7 nitrogen and oxygen atoms in total. The first kappa shape index (κ1) is 20.9. The van der Waals surface area contributed by atoms with Gasteiger partial charge in [0.25, 0.3) is 0 Å². The number of ether oxygens (including phenoxy) is 1. The Morgan fingerprint density at radius 3 is 2.62 bits per heavy atom. The lowest BCUT2D eigenvalue weighted by Gasteiger charge is -2.17. The van der Waals surface area contributed by atoms with Crippen molar-refractivity contribution in [2.75, 3.05) is 20.1 Å². The number of nitrogens with zero attached hydrogens (tertiary/aromatic N) is 3. The Bertz CT molecular complexity index is 1030. The molecule has 1 aliphatic rings. The van der Waals surface area contributed by atoms with Crippen LogP contribution in [0.3, 0.4) is 0 Å². The number of likely N-dealkylation sites (tertiary alicyclic amines) is 1. The van der Waals surface area contributed by atoms with Gasteiger partial charge in [0.05, 0.1) is 10.5 Å². The van der Waals surface area contributed by atoms with Gasteiger partial charge in [0.15, 0.2) is 6.19 Å². The van der Waals surface area contributed by atoms with E-state index >= 15 is 0 Å². The van der Waals surface area contributed by atoms with Crippen molar-refractivity contribution in [1.82, 2.24) is 14.6 Å². The van der Waals surface area contributed by atoms with Crippen molar-refractivity contribution in [3.8, 4) is 17.8 Å². The Balaban J connectivity index is 1.93. The molecule has 1 aromatic heterocycles. The highest BCUT2D eigenvalue weighted by atomic mass is 32.2. The zero-order chi connectivity index (χ0) is 21.2. The van der Waals surface area contributed by atoms with Gasteiger partial charge in [0.2, 0.25) is 15.9 Å². The van der Waals surface area contributed by atoms with Crippen molar-refractivity contribution in [3.63, 3.8) is 0 Å². The molecule has 1 N–H and O–H groups in total. The molecule has 0 bridgehead atoms. The second-order valence-corrected chi connectivity index (χ2v) is 8.28. The van der Waals surface area contributed by atoms with Crippen LogP contribution in [0.4, 0.5) is 13.2 Å². The van der Waals surface area contributed by atoms with E-state index in [0.29, 0.717) is 31.3 Å². The summed E-state index contributed by atoms with van der Waals surface area (Å²) in [5, 5.41) is 9.07. The van der Waals surface area contributed by atoms with Gasteiger partial charge in [-0.25, -0.2) is 18.1 Å². The zero-order valence-electron chi connectivity index (χ0n) is 15.3. The first-order valence-electron chi connectivity index (χ1n) is 8.57. The molecule has 1 aromatic carbocycles. The standard InChI is InChI=1S/C18H17F3N4O3S/c1-23-29(26,27)16-4-3-14(8-15(16)12-6-7-25(10-12)11-22)28-17-5-2-13(9-24-17)18(19,20)21/h2-5,8-9,12,23H,6-7,10H2,1H3. The number of aromatic nitrogens is 1. The van der Waals surface area contributed by atoms with Crippen LogP contribution in [0.1, 0.15) is 23.5 Å². The average Bonchev–Trinajstić information content (AvgIpc) is 3.17. The maximum Gasteiger partial charge on any atom is 0.417 e. The molecule has 0 amide bonds. The van der Waals surface area contributed by atoms with Crippen molar-refractivity contribution < 1.29 is 26.3 Å². The van der Waals surface area contributed by atoms with E-state index in [-0.39, 0.29) is 22.4 Å². The van der Waals surface area contributed by atoms with Crippen LogP contribution in [0.25, 0.3) is 0 Å². The molecule has 0 spiro atoms. The molecule has 3 rings (SSSR count). The van der Waals surface area contributed by atoms with E-state index in [1.165, 1.54) is 30.1 Å². The fraction of sp³-hybridized carbons (Fsp3) is 0.333. The van der Waals surface area contributed by atoms with Gasteiger partial charge >= 0.3 is 6.18 Å². The Hall–Kier alpha value is -2.84. The lowest BCUT2D eigenvalue weighted by molar-refractivity contribution is -0.137. The number of alkyl halides is 3. The maximum absolute atomic E-state index is 12.7. The minimum absolute atomic E-state index is 0.0572. The van der Waals surface area contributed by atoms with Crippen LogP contribution in [-0.2, 0) is 16.2 Å². The summed E-state index contributed by atoms with van der Waals surface area (Å²) in [7, 11) is -2.45. The van der Waals surface area contributed by atoms with Crippen LogP contribution in [0.2, 0.25) is 0 Å². The van der Waals surface area contributed by atoms with Gasteiger partial charge in [-0.05, 0) is 43.3 Å². The molecule has 1 aliphatic heterocycles.